The van der Waals surface area contributed by atoms with Crippen LogP contribution in [0, 0.1) is 0 Å². The van der Waals surface area contributed by atoms with E-state index in [1.54, 1.807) is 20.8 Å². The van der Waals surface area contributed by atoms with Gasteiger partial charge in [-0.25, -0.2) is 4.79 Å². The van der Waals surface area contributed by atoms with E-state index in [0.717, 1.165) is 12.0 Å². The lowest BCUT2D eigenvalue weighted by molar-refractivity contribution is -0.131. The van der Waals surface area contributed by atoms with Crippen LogP contribution in [0.25, 0.3) is 0 Å². The summed E-state index contributed by atoms with van der Waals surface area (Å²) >= 11 is 0. The van der Waals surface area contributed by atoms with Crippen LogP contribution in [-0.4, -0.2) is 54.1 Å². The predicted octanol–water partition coefficient (Wildman–Crippen LogP) is 1.86. The number of rotatable bonds is 5. The first-order chi connectivity index (χ1) is 12.7. The number of likely N-dealkylation sites (tertiary alicyclic amines) is 1. The number of carbonyl (C=O) groups excluding carboxylic acids is 3. The number of amides is 3. The van der Waals surface area contributed by atoms with Crippen molar-refractivity contribution in [3.05, 3.63) is 35.9 Å². The third-order valence-corrected chi connectivity index (χ3v) is 4.35. The Morgan fingerprint density at radius 2 is 1.89 bits per heavy atom. The number of carbonyl (C=O) groups is 3. The number of ether oxygens (including phenoxy) is 1. The van der Waals surface area contributed by atoms with Gasteiger partial charge in [-0.05, 0) is 39.2 Å². The van der Waals surface area contributed by atoms with E-state index in [1.165, 1.54) is 11.9 Å². The normalized spacial score (nSPS) is 17.9. The van der Waals surface area contributed by atoms with E-state index in [4.69, 9.17) is 4.74 Å². The first kappa shape index (κ1) is 20.7. The molecule has 0 spiro atoms. The van der Waals surface area contributed by atoms with Gasteiger partial charge in [0.15, 0.2) is 0 Å². The summed E-state index contributed by atoms with van der Waals surface area (Å²) in [5.41, 5.74) is 0.320. The van der Waals surface area contributed by atoms with Gasteiger partial charge in [-0.2, -0.15) is 0 Å². The van der Waals surface area contributed by atoms with Crippen molar-refractivity contribution in [2.75, 3.05) is 13.6 Å². The molecular formula is C20H29N3O4. The number of benzene rings is 1. The van der Waals surface area contributed by atoms with E-state index < -0.39 is 23.8 Å². The zero-order valence-corrected chi connectivity index (χ0v) is 16.5. The van der Waals surface area contributed by atoms with E-state index in [-0.39, 0.29) is 11.8 Å². The molecule has 2 atom stereocenters. The van der Waals surface area contributed by atoms with Crippen molar-refractivity contribution in [1.82, 2.24) is 15.5 Å². The molecule has 2 rings (SSSR count). The van der Waals surface area contributed by atoms with E-state index in [9.17, 15) is 14.4 Å². The van der Waals surface area contributed by atoms with Crippen LogP contribution in [0.2, 0.25) is 0 Å². The molecule has 0 bridgehead atoms. The van der Waals surface area contributed by atoms with Crippen LogP contribution in [0.15, 0.2) is 30.3 Å². The first-order valence-electron chi connectivity index (χ1n) is 9.27. The van der Waals surface area contributed by atoms with Gasteiger partial charge in [0.1, 0.15) is 17.7 Å². The Hall–Kier alpha value is -2.57. The monoisotopic (exact) mass is 375 g/mol. The smallest absolute Gasteiger partial charge is 0.410 e. The van der Waals surface area contributed by atoms with E-state index >= 15 is 0 Å². The summed E-state index contributed by atoms with van der Waals surface area (Å²) in [6.45, 7) is 5.84. The van der Waals surface area contributed by atoms with Crippen LogP contribution < -0.4 is 10.6 Å². The van der Waals surface area contributed by atoms with Crippen LogP contribution in [0.3, 0.4) is 0 Å². The molecule has 1 aliphatic rings. The van der Waals surface area contributed by atoms with Crippen LogP contribution in [0.4, 0.5) is 4.79 Å². The standard InChI is InChI=1S/C20H29N3O4/c1-20(2,3)27-19(26)23-12-8-11-16(23)18(25)22-15(17(24)21-4)13-14-9-6-5-7-10-14/h5-7,9-10,15-16H,8,11-13H2,1-4H3,(H,21,24)(H,22,25)/t15-,16-/m0/s1. The Morgan fingerprint density at radius 3 is 2.48 bits per heavy atom. The molecule has 2 N–H and O–H groups in total. The molecule has 0 radical (unpaired) electrons. The number of hydrogen-bond donors (Lipinski definition) is 2. The molecule has 0 aromatic heterocycles. The molecule has 148 valence electrons. The third kappa shape index (κ3) is 5.98. The van der Waals surface area contributed by atoms with Gasteiger partial charge in [-0.3, -0.25) is 14.5 Å². The lowest BCUT2D eigenvalue weighted by Crippen LogP contribution is -2.54. The second kappa shape index (κ2) is 8.88. The third-order valence-electron chi connectivity index (χ3n) is 4.35. The number of nitrogens with one attached hydrogen (secondary N) is 2. The van der Waals surface area contributed by atoms with Crippen molar-refractivity contribution >= 4 is 17.9 Å². The fourth-order valence-corrected chi connectivity index (χ4v) is 3.08. The predicted molar refractivity (Wildman–Crippen MR) is 102 cm³/mol. The molecule has 0 unspecified atom stereocenters. The van der Waals surface area contributed by atoms with E-state index in [0.29, 0.717) is 19.4 Å². The Labute approximate surface area is 160 Å². The highest BCUT2D eigenvalue weighted by Gasteiger charge is 2.37. The molecule has 1 aliphatic heterocycles. The fourth-order valence-electron chi connectivity index (χ4n) is 3.08. The maximum atomic E-state index is 12.8. The lowest BCUT2D eigenvalue weighted by atomic mass is 10.0. The number of nitrogens with zero attached hydrogens (tertiary/aromatic N) is 1. The summed E-state index contributed by atoms with van der Waals surface area (Å²) < 4.78 is 5.40. The minimum atomic E-state index is -0.703. The zero-order valence-electron chi connectivity index (χ0n) is 16.5. The molecule has 7 heteroatoms. The van der Waals surface area contributed by atoms with Crippen molar-refractivity contribution < 1.29 is 19.1 Å². The summed E-state index contributed by atoms with van der Waals surface area (Å²) in [4.78, 5) is 38.9. The fraction of sp³-hybridized carbons (Fsp3) is 0.550. The molecule has 0 aliphatic carbocycles. The summed E-state index contributed by atoms with van der Waals surface area (Å²) in [5, 5.41) is 5.39. The van der Waals surface area contributed by atoms with Crippen molar-refractivity contribution in [1.29, 1.82) is 0 Å². The quantitative estimate of drug-likeness (QED) is 0.822. The molecule has 1 fully saturated rings. The molecule has 7 nitrogen and oxygen atoms in total. The molecule has 1 saturated heterocycles. The van der Waals surface area contributed by atoms with Gasteiger partial charge in [0.05, 0.1) is 0 Å². The first-order valence-corrected chi connectivity index (χ1v) is 9.27. The Balaban J connectivity index is 2.06. The van der Waals surface area contributed by atoms with Crippen molar-refractivity contribution in [3.8, 4) is 0 Å². The average molecular weight is 375 g/mol. The van der Waals surface area contributed by atoms with Gasteiger partial charge < -0.3 is 15.4 Å². The largest absolute Gasteiger partial charge is 0.444 e. The summed E-state index contributed by atoms with van der Waals surface area (Å²) in [7, 11) is 1.54. The summed E-state index contributed by atoms with van der Waals surface area (Å²) in [6, 6.07) is 8.16. The van der Waals surface area contributed by atoms with Crippen LogP contribution in [0.1, 0.15) is 39.2 Å². The Morgan fingerprint density at radius 1 is 1.22 bits per heavy atom. The minimum absolute atomic E-state index is 0.269. The maximum Gasteiger partial charge on any atom is 0.410 e. The number of likely N-dealkylation sites (N-methyl/N-ethyl adjacent to an activating group) is 1. The van der Waals surface area contributed by atoms with Gasteiger partial charge in [-0.1, -0.05) is 30.3 Å². The molecule has 1 heterocycles. The minimum Gasteiger partial charge on any atom is -0.444 e. The van der Waals surface area contributed by atoms with Gasteiger partial charge >= 0.3 is 6.09 Å². The van der Waals surface area contributed by atoms with Gasteiger partial charge in [0, 0.05) is 20.0 Å². The Bertz CT molecular complexity index is 670. The van der Waals surface area contributed by atoms with E-state index in [1.807, 2.05) is 30.3 Å². The molecule has 3 amide bonds. The van der Waals surface area contributed by atoms with Crippen molar-refractivity contribution in [3.63, 3.8) is 0 Å². The second-order valence-electron chi connectivity index (χ2n) is 7.70. The van der Waals surface area contributed by atoms with Crippen LogP contribution in [-0.2, 0) is 20.7 Å². The summed E-state index contributed by atoms with van der Waals surface area (Å²) in [6.07, 6.45) is 1.16. The van der Waals surface area contributed by atoms with Crippen molar-refractivity contribution in [2.45, 2.75) is 57.7 Å². The maximum absolute atomic E-state index is 12.8. The molecule has 1 aromatic carbocycles. The SMILES string of the molecule is CNC(=O)[C@H](Cc1ccccc1)NC(=O)[C@@H]1CCCN1C(=O)OC(C)(C)C. The Kier molecular flexibility index (Phi) is 6.82. The summed E-state index contributed by atoms with van der Waals surface area (Å²) in [5.74, 6) is -0.600. The topological polar surface area (TPSA) is 87.7 Å². The number of hydrogen-bond acceptors (Lipinski definition) is 4. The second-order valence-corrected chi connectivity index (χ2v) is 7.70. The zero-order chi connectivity index (χ0) is 20.0. The van der Waals surface area contributed by atoms with Gasteiger partial charge in [-0.15, -0.1) is 0 Å². The highest BCUT2D eigenvalue weighted by Crippen LogP contribution is 2.21. The van der Waals surface area contributed by atoms with Gasteiger partial charge in [0.25, 0.3) is 0 Å². The molecule has 27 heavy (non-hydrogen) atoms. The van der Waals surface area contributed by atoms with Crippen molar-refractivity contribution in [2.24, 2.45) is 0 Å². The average Bonchev–Trinajstić information content (AvgIpc) is 3.10. The van der Waals surface area contributed by atoms with Crippen LogP contribution >= 0.6 is 0 Å². The highest BCUT2D eigenvalue weighted by atomic mass is 16.6. The lowest BCUT2D eigenvalue weighted by Gasteiger charge is -2.29. The molecular weight excluding hydrogens is 346 g/mol. The van der Waals surface area contributed by atoms with Crippen LogP contribution in [0.5, 0.6) is 0 Å². The molecule has 1 aromatic rings. The molecule has 0 saturated carbocycles. The van der Waals surface area contributed by atoms with Gasteiger partial charge in [0.2, 0.25) is 11.8 Å². The highest BCUT2D eigenvalue weighted by molar-refractivity contribution is 5.91. The van der Waals surface area contributed by atoms with E-state index in [2.05, 4.69) is 10.6 Å².